The van der Waals surface area contributed by atoms with Gasteiger partial charge < -0.3 is 11.1 Å². The van der Waals surface area contributed by atoms with Crippen LogP contribution in [0.3, 0.4) is 0 Å². The maximum atomic E-state index is 11.0. The first-order valence-electron chi connectivity index (χ1n) is 5.69. The van der Waals surface area contributed by atoms with E-state index >= 15 is 0 Å². The first-order valence-corrected chi connectivity index (χ1v) is 5.69. The molecule has 5 heteroatoms. The largest absolute Gasteiger partial charge is 0.373 e. The summed E-state index contributed by atoms with van der Waals surface area (Å²) in [5.74, 6) is 0.508. The molecule has 0 saturated carbocycles. The van der Waals surface area contributed by atoms with Crippen molar-refractivity contribution in [2.24, 2.45) is 5.73 Å². The number of anilines is 1. The minimum atomic E-state index is -0.316. The van der Waals surface area contributed by atoms with Crippen molar-refractivity contribution >= 4 is 11.7 Å². The molecule has 0 aliphatic heterocycles. The number of primary amides is 1. The molecule has 1 heterocycles. The van der Waals surface area contributed by atoms with Gasteiger partial charge >= 0.3 is 0 Å². The van der Waals surface area contributed by atoms with E-state index in [1.165, 1.54) is 0 Å². The van der Waals surface area contributed by atoms with Gasteiger partial charge in [-0.15, -0.1) is 0 Å². The average molecular weight is 236 g/mol. The van der Waals surface area contributed by atoms with Gasteiger partial charge in [-0.3, -0.25) is 9.69 Å². The number of nitrogens with one attached hydrogen (secondary N) is 1. The van der Waals surface area contributed by atoms with Crippen LogP contribution < -0.4 is 11.1 Å². The highest BCUT2D eigenvalue weighted by atomic mass is 16.1. The third-order valence-electron chi connectivity index (χ3n) is 2.52. The van der Waals surface area contributed by atoms with Crippen molar-refractivity contribution in [1.29, 1.82) is 0 Å². The smallest absolute Gasteiger partial charge is 0.231 e. The van der Waals surface area contributed by atoms with E-state index in [1.807, 2.05) is 44.0 Å². The Labute approximate surface area is 102 Å². The van der Waals surface area contributed by atoms with Gasteiger partial charge in [0.15, 0.2) is 0 Å². The normalized spacial score (nSPS) is 10.9. The number of nitrogens with zero attached hydrogens (tertiary/aromatic N) is 2. The second kappa shape index (κ2) is 6.20. The molecule has 1 aromatic rings. The first-order chi connectivity index (χ1) is 8.02. The van der Waals surface area contributed by atoms with Crippen molar-refractivity contribution in [1.82, 2.24) is 9.88 Å². The Morgan fingerprint density at radius 1 is 1.53 bits per heavy atom. The molecular formula is C12H20N4O. The van der Waals surface area contributed by atoms with Crippen molar-refractivity contribution in [3.8, 4) is 0 Å². The Morgan fingerprint density at radius 2 is 2.24 bits per heavy atom. The third-order valence-corrected chi connectivity index (χ3v) is 2.52. The molecule has 0 aliphatic carbocycles. The lowest BCUT2D eigenvalue weighted by atomic mass is 10.2. The van der Waals surface area contributed by atoms with Gasteiger partial charge in [0, 0.05) is 19.6 Å². The van der Waals surface area contributed by atoms with Gasteiger partial charge in [-0.25, -0.2) is 4.98 Å². The molecule has 1 rings (SSSR count). The van der Waals surface area contributed by atoms with E-state index in [0.717, 1.165) is 11.5 Å². The Hall–Kier alpha value is -1.62. The van der Waals surface area contributed by atoms with Crippen molar-refractivity contribution in [3.05, 3.63) is 23.9 Å². The highest BCUT2D eigenvalue weighted by molar-refractivity contribution is 5.75. The summed E-state index contributed by atoms with van der Waals surface area (Å²) in [6, 6.07) is 6.04. The Kier molecular flexibility index (Phi) is 4.90. The van der Waals surface area contributed by atoms with Gasteiger partial charge in [-0.05, 0) is 26.0 Å². The lowest BCUT2D eigenvalue weighted by molar-refractivity contribution is -0.119. The molecule has 0 fully saturated rings. The molecule has 3 N–H and O–H groups in total. The lowest BCUT2D eigenvalue weighted by Gasteiger charge is -2.24. The molecule has 0 atom stereocenters. The number of hydrogen-bond acceptors (Lipinski definition) is 4. The van der Waals surface area contributed by atoms with Gasteiger partial charge in [0.05, 0.1) is 12.2 Å². The molecule has 0 saturated heterocycles. The van der Waals surface area contributed by atoms with Gasteiger partial charge in [-0.1, -0.05) is 6.07 Å². The molecule has 0 aromatic carbocycles. The van der Waals surface area contributed by atoms with Crippen molar-refractivity contribution < 1.29 is 4.79 Å². The highest BCUT2D eigenvalue weighted by Gasteiger charge is 2.13. The van der Waals surface area contributed by atoms with Gasteiger partial charge in [0.1, 0.15) is 5.82 Å². The van der Waals surface area contributed by atoms with E-state index in [9.17, 15) is 4.79 Å². The fourth-order valence-electron chi connectivity index (χ4n) is 1.54. The molecule has 17 heavy (non-hydrogen) atoms. The van der Waals surface area contributed by atoms with Crippen LogP contribution in [0.2, 0.25) is 0 Å². The predicted molar refractivity (Wildman–Crippen MR) is 68.5 cm³/mol. The van der Waals surface area contributed by atoms with Crippen LogP contribution >= 0.6 is 0 Å². The van der Waals surface area contributed by atoms with E-state index in [4.69, 9.17) is 5.73 Å². The highest BCUT2D eigenvalue weighted by Crippen LogP contribution is 2.09. The Bertz CT molecular complexity index is 379. The second-order valence-corrected chi connectivity index (χ2v) is 4.23. The molecule has 0 spiro atoms. The van der Waals surface area contributed by atoms with Crippen LogP contribution in [0.15, 0.2) is 18.2 Å². The summed E-state index contributed by atoms with van der Waals surface area (Å²) >= 11 is 0. The molecule has 0 unspecified atom stereocenters. The summed E-state index contributed by atoms with van der Waals surface area (Å²) in [6.45, 7) is 4.94. The minimum absolute atomic E-state index is 0.252. The van der Waals surface area contributed by atoms with Gasteiger partial charge in [-0.2, -0.15) is 0 Å². The second-order valence-electron chi connectivity index (χ2n) is 4.23. The van der Waals surface area contributed by atoms with E-state index in [1.54, 1.807) is 0 Å². The van der Waals surface area contributed by atoms with E-state index in [-0.39, 0.29) is 18.5 Å². The lowest BCUT2D eigenvalue weighted by Crippen LogP contribution is -2.38. The van der Waals surface area contributed by atoms with Crippen LogP contribution in [0.25, 0.3) is 0 Å². The van der Waals surface area contributed by atoms with Crippen molar-refractivity contribution in [2.45, 2.75) is 26.4 Å². The fraction of sp³-hybridized carbons (Fsp3) is 0.500. The van der Waals surface area contributed by atoms with E-state index < -0.39 is 0 Å². The molecule has 0 bridgehead atoms. The zero-order chi connectivity index (χ0) is 12.8. The zero-order valence-electron chi connectivity index (χ0n) is 10.6. The van der Waals surface area contributed by atoms with Crippen molar-refractivity contribution in [3.63, 3.8) is 0 Å². The van der Waals surface area contributed by atoms with Crippen LogP contribution in [0, 0.1) is 0 Å². The number of amides is 1. The summed E-state index contributed by atoms with van der Waals surface area (Å²) in [4.78, 5) is 17.4. The van der Waals surface area contributed by atoms with E-state index in [2.05, 4.69) is 10.3 Å². The van der Waals surface area contributed by atoms with Crippen LogP contribution in [0.4, 0.5) is 5.82 Å². The van der Waals surface area contributed by atoms with Gasteiger partial charge in [0.25, 0.3) is 0 Å². The Morgan fingerprint density at radius 3 is 2.76 bits per heavy atom. The van der Waals surface area contributed by atoms with Crippen LogP contribution in [-0.4, -0.2) is 35.4 Å². The topological polar surface area (TPSA) is 71.2 Å². The summed E-state index contributed by atoms with van der Waals surface area (Å²) in [5, 5.41) is 2.99. The molecule has 94 valence electrons. The number of carbonyl (C=O) groups excluding carboxylic acids is 1. The maximum Gasteiger partial charge on any atom is 0.231 e. The molecule has 5 nitrogen and oxygen atoms in total. The molecule has 1 amide bonds. The molecule has 0 aliphatic rings. The number of hydrogen-bond donors (Lipinski definition) is 2. The molecule has 1 aromatic heterocycles. The fourth-order valence-corrected chi connectivity index (χ4v) is 1.54. The number of carbonyl (C=O) groups is 1. The maximum absolute atomic E-state index is 11.0. The standard InChI is InChI=1S/C12H20N4O/c1-9(2)16(8-11(13)17)7-10-5-4-6-12(14-3)15-10/h4-6,9H,7-8H2,1-3H3,(H2,13,17)(H,14,15). The first kappa shape index (κ1) is 13.4. The SMILES string of the molecule is CNc1cccc(CN(CC(N)=O)C(C)C)n1. The zero-order valence-corrected chi connectivity index (χ0v) is 10.6. The number of rotatable bonds is 6. The minimum Gasteiger partial charge on any atom is -0.373 e. The van der Waals surface area contributed by atoms with Crippen LogP contribution in [-0.2, 0) is 11.3 Å². The quantitative estimate of drug-likeness (QED) is 0.767. The number of nitrogens with two attached hydrogens (primary N) is 1. The predicted octanol–water partition coefficient (Wildman–Crippen LogP) is 0.819. The number of aromatic nitrogens is 1. The Balaban J connectivity index is 2.74. The van der Waals surface area contributed by atoms with Crippen LogP contribution in [0.1, 0.15) is 19.5 Å². The average Bonchev–Trinajstić information content (AvgIpc) is 2.27. The number of pyridine rings is 1. The van der Waals surface area contributed by atoms with Crippen molar-refractivity contribution in [2.75, 3.05) is 18.9 Å². The van der Waals surface area contributed by atoms with Crippen LogP contribution in [0.5, 0.6) is 0 Å². The summed E-state index contributed by atoms with van der Waals surface area (Å²) in [7, 11) is 1.83. The van der Waals surface area contributed by atoms with Gasteiger partial charge in [0.2, 0.25) is 5.91 Å². The van der Waals surface area contributed by atoms with E-state index in [0.29, 0.717) is 6.54 Å². The third kappa shape index (κ3) is 4.40. The molecule has 0 radical (unpaired) electrons. The monoisotopic (exact) mass is 236 g/mol. The summed E-state index contributed by atoms with van der Waals surface area (Å²) in [5.41, 5.74) is 6.15. The molecular weight excluding hydrogens is 216 g/mol. The summed E-state index contributed by atoms with van der Waals surface area (Å²) in [6.07, 6.45) is 0. The summed E-state index contributed by atoms with van der Waals surface area (Å²) < 4.78 is 0.